The molecule has 0 aliphatic heterocycles. The average Bonchev–Trinajstić information content (AvgIpc) is 3.23. The molecule has 0 N–H and O–H groups in total. The summed E-state index contributed by atoms with van der Waals surface area (Å²) in [5.41, 5.74) is 0. The lowest BCUT2D eigenvalue weighted by Crippen LogP contribution is -2.30. The van der Waals surface area contributed by atoms with Crippen molar-refractivity contribution in [2.24, 2.45) is 0 Å². The molecular formula is C53H92O6. The zero-order valence-electron chi connectivity index (χ0n) is 38.8. The Labute approximate surface area is 364 Å². The Kier molecular flexibility index (Phi) is 45.4. The zero-order chi connectivity index (χ0) is 43.0. The first-order chi connectivity index (χ1) is 29.0. The van der Waals surface area contributed by atoms with Gasteiger partial charge in [-0.2, -0.15) is 0 Å². The van der Waals surface area contributed by atoms with Gasteiger partial charge in [-0.3, -0.25) is 14.4 Å². The van der Waals surface area contributed by atoms with E-state index in [0.29, 0.717) is 19.3 Å². The lowest BCUT2D eigenvalue weighted by atomic mass is 10.1. The number of hydrogen-bond acceptors (Lipinski definition) is 6. The third-order valence-electron chi connectivity index (χ3n) is 10.5. The lowest BCUT2D eigenvalue weighted by Gasteiger charge is -2.18. The van der Waals surface area contributed by atoms with E-state index in [4.69, 9.17) is 14.2 Å². The van der Waals surface area contributed by atoms with Gasteiger partial charge >= 0.3 is 17.9 Å². The van der Waals surface area contributed by atoms with E-state index in [-0.39, 0.29) is 37.5 Å². The first-order valence-corrected chi connectivity index (χ1v) is 24.8. The van der Waals surface area contributed by atoms with E-state index < -0.39 is 6.10 Å². The Bertz CT molecular complexity index is 1090. The summed E-state index contributed by atoms with van der Waals surface area (Å²) < 4.78 is 16.7. The fourth-order valence-electron chi connectivity index (χ4n) is 6.71. The fraction of sp³-hybridized carbons (Fsp3) is 0.755. The Morgan fingerprint density at radius 2 is 0.695 bits per heavy atom. The van der Waals surface area contributed by atoms with E-state index in [0.717, 1.165) is 70.6 Å². The maximum Gasteiger partial charge on any atom is 0.306 e. The topological polar surface area (TPSA) is 78.9 Å². The Morgan fingerprint density at radius 3 is 1.17 bits per heavy atom. The summed E-state index contributed by atoms with van der Waals surface area (Å²) in [4.78, 5) is 37.8. The standard InChI is InChI=1S/C53H92O6/c1-4-7-10-13-16-19-22-25-26-29-31-34-37-40-43-46-52(55)58-49-50(59-53(56)47-44-41-38-35-32-28-24-21-18-15-12-9-6-3)48-57-51(54)45-42-39-36-33-30-27-23-20-17-14-11-8-5-2/h16,19,22,25,27-28,30,32,38,41,50H,4-15,17-18,20-21,23-24,26,29,31,33-37,39-40,42-49H2,1-3H3/b19-16+,25-22+,30-27+,32-28+,41-38+. The molecule has 0 aromatic heterocycles. The van der Waals surface area contributed by atoms with Gasteiger partial charge in [0.05, 0.1) is 0 Å². The highest BCUT2D eigenvalue weighted by molar-refractivity contribution is 5.71. The molecular weight excluding hydrogens is 733 g/mol. The first-order valence-electron chi connectivity index (χ1n) is 24.8. The predicted octanol–water partition coefficient (Wildman–Crippen LogP) is 16.1. The van der Waals surface area contributed by atoms with Gasteiger partial charge in [-0.15, -0.1) is 0 Å². The van der Waals surface area contributed by atoms with Gasteiger partial charge in [0.15, 0.2) is 6.10 Å². The molecule has 1 unspecified atom stereocenters. The van der Waals surface area contributed by atoms with Crippen LogP contribution in [0.4, 0.5) is 0 Å². The Morgan fingerprint density at radius 1 is 0.356 bits per heavy atom. The van der Waals surface area contributed by atoms with Crippen LogP contribution < -0.4 is 0 Å². The second-order valence-electron chi connectivity index (χ2n) is 16.4. The van der Waals surface area contributed by atoms with E-state index in [1.807, 2.05) is 6.08 Å². The van der Waals surface area contributed by atoms with Crippen LogP contribution >= 0.6 is 0 Å². The van der Waals surface area contributed by atoms with Crippen LogP contribution in [-0.2, 0) is 28.6 Å². The smallest absolute Gasteiger partial charge is 0.306 e. The highest BCUT2D eigenvalue weighted by Crippen LogP contribution is 2.13. The molecule has 0 aliphatic carbocycles. The van der Waals surface area contributed by atoms with Gasteiger partial charge in [-0.1, -0.05) is 191 Å². The van der Waals surface area contributed by atoms with E-state index >= 15 is 0 Å². The molecule has 6 nitrogen and oxygen atoms in total. The number of rotatable bonds is 44. The minimum absolute atomic E-state index is 0.108. The van der Waals surface area contributed by atoms with Crippen molar-refractivity contribution in [1.82, 2.24) is 0 Å². The molecule has 0 aliphatic rings. The molecule has 0 spiro atoms. The highest BCUT2D eigenvalue weighted by atomic mass is 16.6. The fourth-order valence-corrected chi connectivity index (χ4v) is 6.71. The van der Waals surface area contributed by atoms with Crippen molar-refractivity contribution in [2.45, 2.75) is 245 Å². The molecule has 0 saturated heterocycles. The number of ether oxygens (including phenoxy) is 3. The zero-order valence-corrected chi connectivity index (χ0v) is 38.8. The minimum Gasteiger partial charge on any atom is -0.462 e. The van der Waals surface area contributed by atoms with Crippen LogP contribution in [0.2, 0.25) is 0 Å². The maximum atomic E-state index is 12.7. The van der Waals surface area contributed by atoms with Crippen LogP contribution in [0.15, 0.2) is 60.8 Å². The Hall–Kier alpha value is -2.89. The highest BCUT2D eigenvalue weighted by Gasteiger charge is 2.19. The van der Waals surface area contributed by atoms with Gasteiger partial charge in [0.1, 0.15) is 13.2 Å². The molecule has 0 heterocycles. The molecule has 0 bridgehead atoms. The van der Waals surface area contributed by atoms with E-state index in [2.05, 4.69) is 75.5 Å². The van der Waals surface area contributed by atoms with Crippen LogP contribution in [0, 0.1) is 0 Å². The van der Waals surface area contributed by atoms with E-state index in [9.17, 15) is 14.4 Å². The largest absolute Gasteiger partial charge is 0.462 e. The molecule has 59 heavy (non-hydrogen) atoms. The van der Waals surface area contributed by atoms with Crippen molar-refractivity contribution in [3.63, 3.8) is 0 Å². The van der Waals surface area contributed by atoms with Crippen LogP contribution in [0.5, 0.6) is 0 Å². The van der Waals surface area contributed by atoms with Gasteiger partial charge in [0, 0.05) is 19.3 Å². The molecule has 0 radical (unpaired) electrons. The van der Waals surface area contributed by atoms with Gasteiger partial charge in [-0.05, 0) is 89.9 Å². The summed E-state index contributed by atoms with van der Waals surface area (Å²) >= 11 is 0. The number of carbonyl (C=O) groups excluding carboxylic acids is 3. The molecule has 0 aromatic carbocycles. The van der Waals surface area contributed by atoms with E-state index in [1.165, 1.54) is 122 Å². The number of unbranched alkanes of at least 4 members (excludes halogenated alkanes) is 24. The summed E-state index contributed by atoms with van der Waals surface area (Å²) in [5, 5.41) is 0. The maximum absolute atomic E-state index is 12.7. The average molecular weight is 825 g/mol. The molecule has 340 valence electrons. The second kappa shape index (κ2) is 47.8. The summed E-state index contributed by atoms with van der Waals surface area (Å²) in [6.07, 6.45) is 57.8. The molecule has 0 rings (SSSR count). The van der Waals surface area contributed by atoms with Crippen LogP contribution in [0.25, 0.3) is 0 Å². The number of carbonyl (C=O) groups is 3. The monoisotopic (exact) mass is 825 g/mol. The molecule has 0 aromatic rings. The summed E-state index contributed by atoms with van der Waals surface area (Å²) in [5.74, 6) is -1.00. The second-order valence-corrected chi connectivity index (χ2v) is 16.4. The van der Waals surface area contributed by atoms with Gasteiger partial charge < -0.3 is 14.2 Å². The third kappa shape index (κ3) is 46.0. The minimum atomic E-state index is -0.813. The molecule has 6 heteroatoms. The quantitative estimate of drug-likeness (QED) is 0.0200. The SMILES string of the molecule is CCCCC/C=C/C=C/CCCCCCCCC(=O)OCC(COC(=O)CCCCC/C=C/CCCCCCCC)OC(=O)CC/C=C/C/C=C/CCCCCCCC. The Balaban J connectivity index is 4.48. The third-order valence-corrected chi connectivity index (χ3v) is 10.5. The first kappa shape index (κ1) is 56.1. The molecule has 0 fully saturated rings. The molecule has 0 amide bonds. The van der Waals surface area contributed by atoms with Crippen LogP contribution in [0.1, 0.15) is 239 Å². The molecule has 0 saturated carbocycles. The van der Waals surface area contributed by atoms with Crippen molar-refractivity contribution in [2.75, 3.05) is 13.2 Å². The lowest BCUT2D eigenvalue weighted by molar-refractivity contribution is -0.166. The van der Waals surface area contributed by atoms with Gasteiger partial charge in [-0.25, -0.2) is 0 Å². The number of allylic oxidation sites excluding steroid dienone is 10. The summed E-state index contributed by atoms with van der Waals surface area (Å²) in [6, 6.07) is 0. The number of esters is 3. The van der Waals surface area contributed by atoms with Crippen molar-refractivity contribution in [3.8, 4) is 0 Å². The van der Waals surface area contributed by atoms with Gasteiger partial charge in [0.2, 0.25) is 0 Å². The summed E-state index contributed by atoms with van der Waals surface area (Å²) in [7, 11) is 0. The molecule has 1 atom stereocenters. The van der Waals surface area contributed by atoms with Crippen molar-refractivity contribution < 1.29 is 28.6 Å². The van der Waals surface area contributed by atoms with Gasteiger partial charge in [0.25, 0.3) is 0 Å². The van der Waals surface area contributed by atoms with Crippen LogP contribution in [-0.4, -0.2) is 37.2 Å². The van der Waals surface area contributed by atoms with Crippen molar-refractivity contribution >= 4 is 17.9 Å². The normalized spacial score (nSPS) is 12.5. The predicted molar refractivity (Wildman–Crippen MR) is 251 cm³/mol. The summed E-state index contributed by atoms with van der Waals surface area (Å²) in [6.45, 7) is 6.51. The van der Waals surface area contributed by atoms with Crippen LogP contribution in [0.3, 0.4) is 0 Å². The van der Waals surface area contributed by atoms with Crippen molar-refractivity contribution in [3.05, 3.63) is 60.8 Å². The number of hydrogen-bond donors (Lipinski definition) is 0. The van der Waals surface area contributed by atoms with Crippen molar-refractivity contribution in [1.29, 1.82) is 0 Å². The van der Waals surface area contributed by atoms with E-state index in [1.54, 1.807) is 0 Å².